The van der Waals surface area contributed by atoms with Crippen molar-refractivity contribution in [2.45, 2.75) is 27.3 Å². The van der Waals surface area contributed by atoms with Crippen LogP contribution in [-0.2, 0) is 6.54 Å². The van der Waals surface area contributed by atoms with Gasteiger partial charge in [0.15, 0.2) is 11.6 Å². The van der Waals surface area contributed by atoms with Crippen LogP contribution in [0, 0.1) is 20.8 Å². The third kappa shape index (κ3) is 2.35. The summed E-state index contributed by atoms with van der Waals surface area (Å²) in [4.78, 5) is 22.9. The monoisotopic (exact) mass is 321 g/mol. The van der Waals surface area contributed by atoms with Crippen LogP contribution in [-0.4, -0.2) is 14.5 Å². The van der Waals surface area contributed by atoms with Crippen LogP contribution in [0.2, 0.25) is 0 Å². The van der Waals surface area contributed by atoms with E-state index in [1.54, 1.807) is 15.9 Å². The minimum atomic E-state index is -0.00278. The number of hydrogen-bond acceptors (Lipinski definition) is 7. The van der Waals surface area contributed by atoms with Crippen molar-refractivity contribution in [3.05, 3.63) is 37.0 Å². The van der Waals surface area contributed by atoms with E-state index in [0.29, 0.717) is 18.2 Å². The van der Waals surface area contributed by atoms with Gasteiger partial charge in [0.1, 0.15) is 4.83 Å². The first-order valence-electron chi connectivity index (χ1n) is 6.39. The Morgan fingerprint density at radius 2 is 2.10 bits per heavy atom. The minimum absolute atomic E-state index is 0.00278. The zero-order valence-electron chi connectivity index (χ0n) is 11.9. The number of aryl methyl sites for hydroxylation is 3. The first-order valence-corrected chi connectivity index (χ1v) is 8.09. The molecule has 3 aromatic rings. The van der Waals surface area contributed by atoms with Gasteiger partial charge in [0.25, 0.3) is 0 Å². The molecule has 0 aliphatic heterocycles. The summed E-state index contributed by atoms with van der Waals surface area (Å²) in [7, 11) is 0. The van der Waals surface area contributed by atoms with Gasteiger partial charge in [-0.1, -0.05) is 11.3 Å². The predicted octanol–water partition coefficient (Wildman–Crippen LogP) is 2.17. The Morgan fingerprint density at radius 1 is 1.33 bits per heavy atom. The van der Waals surface area contributed by atoms with Gasteiger partial charge in [-0.05, 0) is 26.3 Å². The normalized spacial score (nSPS) is 11.2. The van der Waals surface area contributed by atoms with E-state index < -0.39 is 0 Å². The van der Waals surface area contributed by atoms with E-state index in [4.69, 9.17) is 5.84 Å². The largest absolute Gasteiger partial charge is 0.308 e. The number of thiazole rings is 1. The van der Waals surface area contributed by atoms with Crippen molar-refractivity contribution < 1.29 is 0 Å². The number of anilines is 1. The van der Waals surface area contributed by atoms with Gasteiger partial charge in [0.2, 0.25) is 0 Å². The highest BCUT2D eigenvalue weighted by Gasteiger charge is 2.15. The number of rotatable bonds is 3. The summed E-state index contributed by atoms with van der Waals surface area (Å²) < 4.78 is 1.67. The Morgan fingerprint density at radius 3 is 2.71 bits per heavy atom. The van der Waals surface area contributed by atoms with Crippen LogP contribution in [0.4, 0.5) is 5.82 Å². The zero-order valence-corrected chi connectivity index (χ0v) is 13.6. The average Bonchev–Trinajstić information content (AvgIpc) is 2.92. The molecule has 110 valence electrons. The summed E-state index contributed by atoms with van der Waals surface area (Å²) in [5.74, 6) is 6.79. The number of thiophene rings is 1. The smallest absolute Gasteiger partial charge is 0.307 e. The highest BCUT2D eigenvalue weighted by molar-refractivity contribution is 7.18. The maximum absolute atomic E-state index is 11.8. The Kier molecular flexibility index (Phi) is 3.52. The van der Waals surface area contributed by atoms with E-state index in [1.165, 1.54) is 16.2 Å². The Bertz CT molecular complexity index is 877. The SMILES string of the molecule is Cc1sc2nc(Cn3c(C)csc3=O)nc(NN)c2c1C. The lowest BCUT2D eigenvalue weighted by Crippen LogP contribution is -2.18. The molecule has 0 amide bonds. The molecule has 0 aliphatic rings. The molecule has 3 heterocycles. The number of nitrogen functional groups attached to an aromatic ring is 1. The summed E-state index contributed by atoms with van der Waals surface area (Å²) in [6, 6.07) is 0. The second-order valence-electron chi connectivity index (χ2n) is 4.83. The standard InChI is InChI=1S/C13H15N5OS2/c1-6-5-20-13(19)18(6)4-9-15-11(17-14)10-7(2)8(3)21-12(10)16-9/h5H,4,14H2,1-3H3,(H,15,16,17). The first kappa shape index (κ1) is 14.2. The molecule has 0 bridgehead atoms. The molecule has 0 atom stereocenters. The quantitative estimate of drug-likeness (QED) is 0.570. The molecular weight excluding hydrogens is 306 g/mol. The summed E-state index contributed by atoms with van der Waals surface area (Å²) in [6.45, 7) is 6.34. The van der Waals surface area contributed by atoms with Gasteiger partial charge in [0.05, 0.1) is 11.9 Å². The van der Waals surface area contributed by atoms with Gasteiger partial charge < -0.3 is 5.43 Å². The van der Waals surface area contributed by atoms with Gasteiger partial charge in [-0.25, -0.2) is 15.8 Å². The van der Waals surface area contributed by atoms with Crippen molar-refractivity contribution in [2.24, 2.45) is 5.84 Å². The van der Waals surface area contributed by atoms with Crippen molar-refractivity contribution in [1.82, 2.24) is 14.5 Å². The molecular formula is C13H15N5OS2. The Hall–Kier alpha value is -1.77. The third-order valence-corrected chi connectivity index (χ3v) is 5.47. The molecule has 0 unspecified atom stereocenters. The van der Waals surface area contributed by atoms with Crippen molar-refractivity contribution >= 4 is 38.7 Å². The molecule has 21 heavy (non-hydrogen) atoms. The molecule has 0 aliphatic carbocycles. The topological polar surface area (TPSA) is 85.8 Å². The van der Waals surface area contributed by atoms with Crippen molar-refractivity contribution in [2.75, 3.05) is 5.43 Å². The first-order chi connectivity index (χ1) is 10.0. The van der Waals surface area contributed by atoms with Gasteiger partial charge in [-0.3, -0.25) is 9.36 Å². The van der Waals surface area contributed by atoms with E-state index in [0.717, 1.165) is 21.5 Å². The highest BCUT2D eigenvalue weighted by atomic mass is 32.1. The van der Waals surface area contributed by atoms with Gasteiger partial charge in [0, 0.05) is 16.0 Å². The zero-order chi connectivity index (χ0) is 15.1. The van der Waals surface area contributed by atoms with Crippen LogP contribution >= 0.6 is 22.7 Å². The van der Waals surface area contributed by atoms with Gasteiger partial charge >= 0.3 is 4.87 Å². The Labute approximate surface area is 129 Å². The molecule has 8 heteroatoms. The number of nitrogens with one attached hydrogen (secondary N) is 1. The molecule has 0 radical (unpaired) electrons. The molecule has 6 nitrogen and oxygen atoms in total. The average molecular weight is 321 g/mol. The summed E-state index contributed by atoms with van der Waals surface area (Å²) in [6.07, 6.45) is 0. The molecule has 0 spiro atoms. The van der Waals surface area contributed by atoms with Crippen LogP contribution in [0.15, 0.2) is 10.2 Å². The van der Waals surface area contributed by atoms with Crippen molar-refractivity contribution in [1.29, 1.82) is 0 Å². The summed E-state index contributed by atoms with van der Waals surface area (Å²) in [5.41, 5.74) is 4.69. The minimum Gasteiger partial charge on any atom is -0.308 e. The fourth-order valence-corrected chi connectivity index (χ4v) is 3.99. The molecule has 0 saturated heterocycles. The predicted molar refractivity (Wildman–Crippen MR) is 87.1 cm³/mol. The maximum Gasteiger partial charge on any atom is 0.307 e. The number of hydrogen-bond donors (Lipinski definition) is 2. The second-order valence-corrected chi connectivity index (χ2v) is 6.85. The van der Waals surface area contributed by atoms with Crippen molar-refractivity contribution in [3.8, 4) is 0 Å². The summed E-state index contributed by atoms with van der Waals surface area (Å²) >= 11 is 2.80. The van der Waals surface area contributed by atoms with Crippen LogP contribution < -0.4 is 16.1 Å². The highest BCUT2D eigenvalue weighted by Crippen LogP contribution is 2.32. The van der Waals surface area contributed by atoms with E-state index in [-0.39, 0.29) is 4.87 Å². The van der Waals surface area contributed by atoms with E-state index in [9.17, 15) is 4.79 Å². The van der Waals surface area contributed by atoms with Gasteiger partial charge in [-0.15, -0.1) is 11.3 Å². The number of hydrazine groups is 1. The lowest BCUT2D eigenvalue weighted by atomic mass is 10.2. The number of nitrogens with zero attached hydrogens (tertiary/aromatic N) is 3. The fourth-order valence-electron chi connectivity index (χ4n) is 2.21. The van der Waals surface area contributed by atoms with Crippen LogP contribution in [0.5, 0.6) is 0 Å². The molecule has 3 aromatic heterocycles. The third-order valence-electron chi connectivity index (χ3n) is 3.49. The van der Waals surface area contributed by atoms with Crippen LogP contribution in [0.1, 0.15) is 22.0 Å². The number of nitrogens with two attached hydrogens (primary N) is 1. The molecule has 3 N–H and O–H groups in total. The fraction of sp³-hybridized carbons (Fsp3) is 0.308. The second kappa shape index (κ2) is 5.21. The van der Waals surface area contributed by atoms with Crippen LogP contribution in [0.3, 0.4) is 0 Å². The molecule has 0 saturated carbocycles. The maximum atomic E-state index is 11.8. The summed E-state index contributed by atoms with van der Waals surface area (Å²) in [5, 5.41) is 2.79. The van der Waals surface area contributed by atoms with E-state index in [1.807, 2.05) is 19.2 Å². The van der Waals surface area contributed by atoms with Crippen molar-refractivity contribution in [3.63, 3.8) is 0 Å². The van der Waals surface area contributed by atoms with E-state index in [2.05, 4.69) is 22.3 Å². The molecule has 0 aromatic carbocycles. The molecule has 3 rings (SSSR count). The van der Waals surface area contributed by atoms with Crippen LogP contribution in [0.25, 0.3) is 10.2 Å². The van der Waals surface area contributed by atoms with Gasteiger partial charge in [-0.2, -0.15) is 0 Å². The molecule has 0 fully saturated rings. The Balaban J connectivity index is 2.14. The lowest BCUT2D eigenvalue weighted by Gasteiger charge is -2.07. The van der Waals surface area contributed by atoms with E-state index >= 15 is 0 Å². The number of aromatic nitrogens is 3. The number of fused-ring (bicyclic) bond motifs is 1. The lowest BCUT2D eigenvalue weighted by molar-refractivity contribution is 0.716.